The Labute approximate surface area is 94.3 Å². The van der Waals surface area contributed by atoms with Gasteiger partial charge in [0.25, 0.3) is 0 Å². The largest absolute Gasteiger partial charge is 0.314 e. The van der Waals surface area contributed by atoms with Crippen LogP contribution < -0.4 is 5.32 Å². The first-order valence-electron chi connectivity index (χ1n) is 5.58. The molecule has 4 heteroatoms. The van der Waals surface area contributed by atoms with Gasteiger partial charge in [0.1, 0.15) is 11.6 Å². The van der Waals surface area contributed by atoms with Crippen molar-refractivity contribution in [2.24, 2.45) is 0 Å². The summed E-state index contributed by atoms with van der Waals surface area (Å²) < 4.78 is 26.6. The molecule has 0 aliphatic carbocycles. The molecule has 88 valence electrons. The van der Waals surface area contributed by atoms with E-state index in [1.54, 1.807) is 0 Å². The van der Waals surface area contributed by atoms with Crippen molar-refractivity contribution >= 4 is 0 Å². The van der Waals surface area contributed by atoms with E-state index in [-0.39, 0.29) is 17.7 Å². The number of nitrogens with one attached hydrogen (secondary N) is 1. The van der Waals surface area contributed by atoms with Gasteiger partial charge in [-0.05, 0) is 25.1 Å². The summed E-state index contributed by atoms with van der Waals surface area (Å²) >= 11 is 0. The van der Waals surface area contributed by atoms with Crippen molar-refractivity contribution in [3.8, 4) is 0 Å². The molecule has 1 aromatic rings. The summed E-state index contributed by atoms with van der Waals surface area (Å²) in [6.45, 7) is 5.47. The molecular weight excluding hydrogens is 210 g/mol. The van der Waals surface area contributed by atoms with Crippen molar-refractivity contribution in [1.82, 2.24) is 10.2 Å². The molecule has 1 heterocycles. The van der Waals surface area contributed by atoms with Crippen molar-refractivity contribution < 1.29 is 8.78 Å². The molecule has 1 atom stereocenters. The zero-order chi connectivity index (χ0) is 11.5. The summed E-state index contributed by atoms with van der Waals surface area (Å²) in [7, 11) is 0. The molecule has 1 fully saturated rings. The number of rotatable bonds is 2. The first-order chi connectivity index (χ1) is 7.68. The number of nitrogens with zero attached hydrogens (tertiary/aromatic N) is 1. The molecule has 1 aliphatic rings. The zero-order valence-corrected chi connectivity index (χ0v) is 9.34. The molecule has 0 amide bonds. The molecular formula is C12H16F2N2. The van der Waals surface area contributed by atoms with Crippen LogP contribution in [0.2, 0.25) is 0 Å². The van der Waals surface area contributed by atoms with Crippen LogP contribution in [0.5, 0.6) is 0 Å². The van der Waals surface area contributed by atoms with Crippen molar-refractivity contribution in [3.63, 3.8) is 0 Å². The second-order valence-corrected chi connectivity index (χ2v) is 4.13. The number of benzene rings is 1. The number of piperazine rings is 1. The molecule has 1 N–H and O–H groups in total. The van der Waals surface area contributed by atoms with Gasteiger partial charge in [-0.15, -0.1) is 0 Å². The Morgan fingerprint density at radius 1 is 1.25 bits per heavy atom. The van der Waals surface area contributed by atoms with Crippen LogP contribution in [0, 0.1) is 11.6 Å². The highest BCUT2D eigenvalue weighted by Gasteiger charge is 2.20. The predicted octanol–water partition coefficient (Wildman–Crippen LogP) is 1.93. The molecule has 0 bridgehead atoms. The van der Waals surface area contributed by atoms with E-state index in [0.717, 1.165) is 32.2 Å². The standard InChI is InChI=1S/C12H16F2N2/c1-9(16-6-4-15-5-7-16)11-8-10(13)2-3-12(11)14/h2-3,8-9,15H,4-7H2,1H3/t9-/m0/s1. The second kappa shape index (κ2) is 4.89. The van der Waals surface area contributed by atoms with Crippen molar-refractivity contribution in [2.75, 3.05) is 26.2 Å². The van der Waals surface area contributed by atoms with Crippen LogP contribution in [-0.2, 0) is 0 Å². The summed E-state index contributed by atoms with van der Waals surface area (Å²) in [6, 6.07) is 3.58. The van der Waals surface area contributed by atoms with E-state index < -0.39 is 0 Å². The highest BCUT2D eigenvalue weighted by Crippen LogP contribution is 2.23. The highest BCUT2D eigenvalue weighted by molar-refractivity contribution is 5.22. The highest BCUT2D eigenvalue weighted by atomic mass is 19.1. The maximum atomic E-state index is 13.6. The van der Waals surface area contributed by atoms with Gasteiger partial charge in [0.2, 0.25) is 0 Å². The lowest BCUT2D eigenvalue weighted by Crippen LogP contribution is -2.44. The topological polar surface area (TPSA) is 15.3 Å². The van der Waals surface area contributed by atoms with Gasteiger partial charge < -0.3 is 5.32 Å². The van der Waals surface area contributed by atoms with Gasteiger partial charge in [-0.25, -0.2) is 8.78 Å². The van der Waals surface area contributed by atoms with Crippen LogP contribution in [0.1, 0.15) is 18.5 Å². The van der Waals surface area contributed by atoms with E-state index in [1.807, 2.05) is 6.92 Å². The van der Waals surface area contributed by atoms with E-state index >= 15 is 0 Å². The molecule has 0 radical (unpaired) electrons. The van der Waals surface area contributed by atoms with Crippen LogP contribution >= 0.6 is 0 Å². The number of hydrogen-bond donors (Lipinski definition) is 1. The minimum absolute atomic E-state index is 0.0715. The van der Waals surface area contributed by atoms with Crippen molar-refractivity contribution in [3.05, 3.63) is 35.4 Å². The van der Waals surface area contributed by atoms with Gasteiger partial charge in [-0.3, -0.25) is 4.90 Å². The zero-order valence-electron chi connectivity index (χ0n) is 9.34. The third-order valence-corrected chi connectivity index (χ3v) is 3.11. The normalized spacial score (nSPS) is 19.7. The first-order valence-corrected chi connectivity index (χ1v) is 5.58. The minimum atomic E-state index is -0.376. The van der Waals surface area contributed by atoms with Crippen LogP contribution in [0.3, 0.4) is 0 Å². The Bertz CT molecular complexity index is 362. The van der Waals surface area contributed by atoms with E-state index in [0.29, 0.717) is 5.56 Å². The molecule has 0 saturated carbocycles. The van der Waals surface area contributed by atoms with E-state index in [9.17, 15) is 8.78 Å². The van der Waals surface area contributed by atoms with E-state index in [4.69, 9.17) is 0 Å². The molecule has 2 rings (SSSR count). The Morgan fingerprint density at radius 2 is 1.94 bits per heavy atom. The molecule has 1 saturated heterocycles. The molecule has 0 aromatic heterocycles. The fourth-order valence-corrected chi connectivity index (χ4v) is 2.10. The van der Waals surface area contributed by atoms with Gasteiger partial charge in [-0.1, -0.05) is 0 Å². The minimum Gasteiger partial charge on any atom is -0.314 e. The maximum absolute atomic E-state index is 13.6. The van der Waals surface area contributed by atoms with Crippen molar-refractivity contribution in [2.45, 2.75) is 13.0 Å². The van der Waals surface area contributed by atoms with Crippen LogP contribution in [0.15, 0.2) is 18.2 Å². The fraction of sp³-hybridized carbons (Fsp3) is 0.500. The third kappa shape index (κ3) is 2.39. The number of hydrogen-bond acceptors (Lipinski definition) is 2. The summed E-state index contributed by atoms with van der Waals surface area (Å²) in [5, 5.41) is 3.24. The molecule has 1 aromatic carbocycles. The third-order valence-electron chi connectivity index (χ3n) is 3.11. The van der Waals surface area contributed by atoms with Crippen LogP contribution in [0.25, 0.3) is 0 Å². The molecule has 16 heavy (non-hydrogen) atoms. The quantitative estimate of drug-likeness (QED) is 0.829. The SMILES string of the molecule is C[C@@H](c1cc(F)ccc1F)N1CCNCC1. The average molecular weight is 226 g/mol. The van der Waals surface area contributed by atoms with E-state index in [1.165, 1.54) is 12.1 Å². The Kier molecular flexibility index (Phi) is 3.51. The molecule has 1 aliphatic heterocycles. The Hall–Kier alpha value is -1.00. The Morgan fingerprint density at radius 3 is 2.62 bits per heavy atom. The lowest BCUT2D eigenvalue weighted by atomic mass is 10.1. The summed E-state index contributed by atoms with van der Waals surface area (Å²) in [6.07, 6.45) is 0. The monoisotopic (exact) mass is 226 g/mol. The van der Waals surface area contributed by atoms with Gasteiger partial charge in [0.05, 0.1) is 0 Å². The van der Waals surface area contributed by atoms with E-state index in [2.05, 4.69) is 10.2 Å². The van der Waals surface area contributed by atoms with Gasteiger partial charge >= 0.3 is 0 Å². The second-order valence-electron chi connectivity index (χ2n) is 4.13. The Balaban J connectivity index is 2.18. The molecule has 2 nitrogen and oxygen atoms in total. The average Bonchev–Trinajstić information content (AvgIpc) is 2.32. The smallest absolute Gasteiger partial charge is 0.128 e. The van der Waals surface area contributed by atoms with Crippen LogP contribution in [0.4, 0.5) is 8.78 Å². The van der Waals surface area contributed by atoms with Crippen molar-refractivity contribution in [1.29, 1.82) is 0 Å². The predicted molar refractivity (Wildman–Crippen MR) is 59.2 cm³/mol. The fourth-order valence-electron chi connectivity index (χ4n) is 2.10. The molecule has 0 spiro atoms. The summed E-state index contributed by atoms with van der Waals surface area (Å²) in [4.78, 5) is 2.16. The number of halogens is 2. The molecule has 0 unspecified atom stereocenters. The summed E-state index contributed by atoms with van der Waals surface area (Å²) in [5.74, 6) is -0.703. The lowest BCUT2D eigenvalue weighted by Gasteiger charge is -2.33. The van der Waals surface area contributed by atoms with Crippen LogP contribution in [-0.4, -0.2) is 31.1 Å². The first kappa shape index (κ1) is 11.5. The van der Waals surface area contributed by atoms with Gasteiger partial charge in [0.15, 0.2) is 0 Å². The van der Waals surface area contributed by atoms with Gasteiger partial charge in [-0.2, -0.15) is 0 Å². The maximum Gasteiger partial charge on any atom is 0.128 e. The lowest BCUT2D eigenvalue weighted by molar-refractivity contribution is 0.182. The van der Waals surface area contributed by atoms with Gasteiger partial charge in [0, 0.05) is 37.8 Å². The summed E-state index contributed by atoms with van der Waals surface area (Å²) in [5.41, 5.74) is 0.446.